The van der Waals surface area contributed by atoms with Gasteiger partial charge in [-0.3, -0.25) is 4.90 Å². The minimum Gasteiger partial charge on any atom is -0.496 e. The van der Waals surface area contributed by atoms with E-state index in [2.05, 4.69) is 26.4 Å². The number of nitrogens with one attached hydrogen (secondary N) is 1. The number of hydrogen-bond acceptors (Lipinski definition) is 6. The molecule has 0 amide bonds. The minimum atomic E-state index is -0.995. The number of methoxy groups -OCH3 is 1. The molecule has 1 unspecified atom stereocenters. The monoisotopic (exact) mass is 313 g/mol. The van der Waals surface area contributed by atoms with Crippen molar-refractivity contribution in [2.75, 3.05) is 20.2 Å². The Morgan fingerprint density at radius 3 is 3.09 bits per heavy atom. The van der Waals surface area contributed by atoms with Crippen LogP contribution in [0, 0.1) is 11.3 Å². The molecule has 0 spiro atoms. The number of aliphatic hydroxyl groups is 1. The van der Waals surface area contributed by atoms with Crippen LogP contribution in [-0.4, -0.2) is 45.6 Å². The molecule has 7 heteroatoms. The number of H-pyrrole nitrogens is 1. The lowest BCUT2D eigenvalue weighted by Gasteiger charge is -2.38. The second-order valence-corrected chi connectivity index (χ2v) is 5.84. The summed E-state index contributed by atoms with van der Waals surface area (Å²) in [4.78, 5) is 2.15. The van der Waals surface area contributed by atoms with Crippen molar-refractivity contribution in [3.8, 4) is 11.8 Å². The van der Waals surface area contributed by atoms with E-state index in [1.54, 1.807) is 19.4 Å². The van der Waals surface area contributed by atoms with E-state index in [4.69, 9.17) is 10.00 Å². The van der Waals surface area contributed by atoms with Gasteiger partial charge in [0.2, 0.25) is 0 Å². The molecular formula is C16H19N5O2. The molecule has 0 radical (unpaired) electrons. The molecule has 1 atom stereocenters. The molecule has 2 N–H and O–H groups in total. The summed E-state index contributed by atoms with van der Waals surface area (Å²) in [5.41, 5.74) is 1.12. The van der Waals surface area contributed by atoms with Crippen LogP contribution >= 0.6 is 0 Å². The number of hydrogen-bond donors (Lipinski definition) is 2. The maximum atomic E-state index is 10.9. The molecule has 1 aliphatic heterocycles. The topological polar surface area (TPSA) is 98.1 Å². The van der Waals surface area contributed by atoms with E-state index in [-0.39, 0.29) is 0 Å². The highest BCUT2D eigenvalue weighted by molar-refractivity contribution is 5.42. The summed E-state index contributed by atoms with van der Waals surface area (Å²) >= 11 is 0. The van der Waals surface area contributed by atoms with E-state index in [1.165, 1.54) is 0 Å². The minimum absolute atomic E-state index is 0.472. The van der Waals surface area contributed by atoms with E-state index >= 15 is 0 Å². The fourth-order valence-electron chi connectivity index (χ4n) is 3.11. The number of piperidine rings is 1. The van der Waals surface area contributed by atoms with Crippen LogP contribution in [0.3, 0.4) is 0 Å². The third-order valence-electron chi connectivity index (χ3n) is 4.25. The van der Waals surface area contributed by atoms with Crippen LogP contribution in [0.1, 0.15) is 29.7 Å². The van der Waals surface area contributed by atoms with Gasteiger partial charge in [0.15, 0.2) is 0 Å². The summed E-state index contributed by atoms with van der Waals surface area (Å²) in [7, 11) is 1.62. The number of likely N-dealkylation sites (tertiary alicyclic amines) is 1. The molecule has 1 aliphatic rings. The Kier molecular flexibility index (Phi) is 4.28. The van der Waals surface area contributed by atoms with Gasteiger partial charge in [-0.25, -0.2) is 0 Å². The Bertz CT molecular complexity index is 710. The van der Waals surface area contributed by atoms with Crippen molar-refractivity contribution in [1.29, 1.82) is 5.26 Å². The van der Waals surface area contributed by atoms with Gasteiger partial charge in [-0.15, -0.1) is 0 Å². The van der Waals surface area contributed by atoms with Crippen molar-refractivity contribution < 1.29 is 9.84 Å². The smallest absolute Gasteiger partial charge is 0.123 e. The SMILES string of the molecule is COc1ccc(C#N)cc1CN1CCCC(O)(c2cn[nH]n2)C1. The standard InChI is InChI=1S/C16H19N5O2/c1-23-14-4-3-12(8-17)7-13(14)10-21-6-2-5-16(22,11-21)15-9-18-20-19-15/h3-4,7,9,22H,2,5-6,10-11H2,1H3,(H,18,19,20). The van der Waals surface area contributed by atoms with E-state index in [0.29, 0.717) is 30.8 Å². The normalized spacial score (nSPS) is 21.8. The zero-order chi connectivity index (χ0) is 16.3. The largest absolute Gasteiger partial charge is 0.496 e. The second-order valence-electron chi connectivity index (χ2n) is 5.84. The Labute approximate surface area is 134 Å². The summed E-state index contributed by atoms with van der Waals surface area (Å²) in [5, 5.41) is 30.3. The molecule has 23 heavy (non-hydrogen) atoms. The summed E-state index contributed by atoms with van der Waals surface area (Å²) < 4.78 is 5.38. The van der Waals surface area contributed by atoms with Crippen LogP contribution in [0.4, 0.5) is 0 Å². The van der Waals surface area contributed by atoms with Crippen molar-refractivity contribution in [2.45, 2.75) is 25.0 Å². The average molecular weight is 313 g/mol. The first-order valence-electron chi connectivity index (χ1n) is 7.52. The first-order chi connectivity index (χ1) is 11.1. The van der Waals surface area contributed by atoms with Gasteiger partial charge in [-0.05, 0) is 37.6 Å². The number of β-amino-alcohol motifs (C(OH)–C–C–N with tert-alkyl or cyclic N) is 1. The highest BCUT2D eigenvalue weighted by Crippen LogP contribution is 2.31. The van der Waals surface area contributed by atoms with Gasteiger partial charge in [0.05, 0.1) is 24.9 Å². The van der Waals surface area contributed by atoms with E-state index in [1.807, 2.05) is 12.1 Å². The van der Waals surface area contributed by atoms with Gasteiger partial charge in [-0.1, -0.05) is 0 Å². The fraction of sp³-hybridized carbons (Fsp3) is 0.438. The first kappa shape index (κ1) is 15.5. The van der Waals surface area contributed by atoms with Gasteiger partial charge in [-0.2, -0.15) is 20.7 Å². The van der Waals surface area contributed by atoms with Crippen molar-refractivity contribution in [3.63, 3.8) is 0 Å². The lowest BCUT2D eigenvalue weighted by Crippen LogP contribution is -2.46. The molecule has 2 aromatic rings. The van der Waals surface area contributed by atoms with Gasteiger partial charge >= 0.3 is 0 Å². The Balaban J connectivity index is 1.79. The summed E-state index contributed by atoms with van der Waals surface area (Å²) in [5.74, 6) is 0.750. The van der Waals surface area contributed by atoms with E-state index in [0.717, 1.165) is 24.3 Å². The zero-order valence-corrected chi connectivity index (χ0v) is 13.0. The van der Waals surface area contributed by atoms with Crippen LogP contribution in [0.15, 0.2) is 24.4 Å². The van der Waals surface area contributed by atoms with Gasteiger partial charge < -0.3 is 9.84 Å². The van der Waals surface area contributed by atoms with Crippen molar-refractivity contribution in [1.82, 2.24) is 20.3 Å². The molecule has 0 aliphatic carbocycles. The Hall–Kier alpha value is -2.43. The maximum absolute atomic E-state index is 10.9. The molecule has 1 saturated heterocycles. The number of rotatable bonds is 4. The quantitative estimate of drug-likeness (QED) is 0.879. The fourth-order valence-corrected chi connectivity index (χ4v) is 3.11. The van der Waals surface area contributed by atoms with Crippen LogP contribution in [0.2, 0.25) is 0 Å². The predicted octanol–water partition coefficient (Wildman–Crippen LogP) is 1.17. The summed E-state index contributed by atoms with van der Waals surface area (Å²) in [6, 6.07) is 7.53. The van der Waals surface area contributed by atoms with Gasteiger partial charge in [0.25, 0.3) is 0 Å². The third kappa shape index (κ3) is 3.18. The average Bonchev–Trinajstić information content (AvgIpc) is 3.10. The predicted molar refractivity (Wildman–Crippen MR) is 82.5 cm³/mol. The molecule has 2 heterocycles. The molecule has 3 rings (SSSR count). The van der Waals surface area contributed by atoms with Crippen LogP contribution < -0.4 is 4.74 Å². The van der Waals surface area contributed by atoms with Crippen molar-refractivity contribution >= 4 is 0 Å². The highest BCUT2D eigenvalue weighted by atomic mass is 16.5. The number of benzene rings is 1. The third-order valence-corrected chi connectivity index (χ3v) is 4.25. The molecule has 0 saturated carbocycles. The highest BCUT2D eigenvalue weighted by Gasteiger charge is 2.37. The van der Waals surface area contributed by atoms with E-state index < -0.39 is 5.60 Å². The number of nitriles is 1. The van der Waals surface area contributed by atoms with Crippen molar-refractivity contribution in [3.05, 3.63) is 41.2 Å². The van der Waals surface area contributed by atoms with Crippen LogP contribution in [0.25, 0.3) is 0 Å². The number of aromatic nitrogens is 3. The number of ether oxygens (including phenoxy) is 1. The lowest BCUT2D eigenvalue weighted by molar-refractivity contribution is -0.0415. The summed E-state index contributed by atoms with van der Waals surface area (Å²) in [6.07, 6.45) is 3.09. The van der Waals surface area contributed by atoms with Crippen LogP contribution in [-0.2, 0) is 12.1 Å². The molecule has 7 nitrogen and oxygen atoms in total. The Morgan fingerprint density at radius 1 is 1.52 bits per heavy atom. The molecular weight excluding hydrogens is 294 g/mol. The molecule has 1 aromatic heterocycles. The van der Waals surface area contributed by atoms with Gasteiger partial charge in [0.1, 0.15) is 17.0 Å². The second kappa shape index (κ2) is 6.36. The maximum Gasteiger partial charge on any atom is 0.123 e. The van der Waals surface area contributed by atoms with Crippen LogP contribution in [0.5, 0.6) is 5.75 Å². The first-order valence-corrected chi connectivity index (χ1v) is 7.52. The molecule has 1 fully saturated rings. The van der Waals surface area contributed by atoms with Gasteiger partial charge in [0, 0.05) is 18.7 Å². The van der Waals surface area contributed by atoms with Crippen molar-refractivity contribution in [2.24, 2.45) is 0 Å². The Morgan fingerprint density at radius 2 is 2.39 bits per heavy atom. The number of nitrogens with zero attached hydrogens (tertiary/aromatic N) is 4. The summed E-state index contributed by atoms with van der Waals surface area (Å²) in [6.45, 7) is 1.96. The zero-order valence-electron chi connectivity index (χ0n) is 13.0. The molecule has 1 aromatic carbocycles. The lowest BCUT2D eigenvalue weighted by atomic mass is 9.89. The molecule has 120 valence electrons. The number of aromatic amines is 1. The van der Waals surface area contributed by atoms with E-state index in [9.17, 15) is 5.11 Å². The molecule has 0 bridgehead atoms.